The molecule has 0 aliphatic rings. The lowest BCUT2D eigenvalue weighted by Crippen LogP contribution is -2.04. The molecular formula is C20H14N6O. The van der Waals surface area contributed by atoms with Crippen molar-refractivity contribution in [3.8, 4) is 11.3 Å². The Balaban J connectivity index is 1.55. The predicted octanol–water partition coefficient (Wildman–Crippen LogP) is 2.62. The Labute approximate surface area is 153 Å². The Morgan fingerprint density at radius 2 is 1.96 bits per heavy atom. The third-order valence-corrected chi connectivity index (χ3v) is 4.44. The Kier molecular flexibility index (Phi) is 3.50. The number of hydrogen-bond acceptors (Lipinski definition) is 5. The molecule has 27 heavy (non-hydrogen) atoms. The molecule has 5 aromatic rings. The molecule has 0 bridgehead atoms. The van der Waals surface area contributed by atoms with Gasteiger partial charge in [-0.2, -0.15) is 9.61 Å². The van der Waals surface area contributed by atoms with E-state index in [1.807, 2.05) is 36.4 Å². The van der Waals surface area contributed by atoms with Crippen LogP contribution in [0.2, 0.25) is 0 Å². The molecule has 0 radical (unpaired) electrons. The van der Waals surface area contributed by atoms with Crippen molar-refractivity contribution in [2.75, 3.05) is 0 Å². The SMILES string of the molecule is O=c1ccc(-c2ccc3nnc(Cc4ccc5ncccc5c4)n3n2)c[nH]1. The molecule has 0 atom stereocenters. The van der Waals surface area contributed by atoms with Gasteiger partial charge >= 0.3 is 0 Å². The monoisotopic (exact) mass is 354 g/mol. The average molecular weight is 354 g/mol. The lowest BCUT2D eigenvalue weighted by atomic mass is 10.1. The Morgan fingerprint density at radius 1 is 1.00 bits per heavy atom. The zero-order valence-electron chi connectivity index (χ0n) is 14.2. The van der Waals surface area contributed by atoms with Crippen molar-refractivity contribution in [2.45, 2.75) is 6.42 Å². The first-order chi connectivity index (χ1) is 13.3. The summed E-state index contributed by atoms with van der Waals surface area (Å²) in [5.74, 6) is 0.750. The maximum Gasteiger partial charge on any atom is 0.247 e. The van der Waals surface area contributed by atoms with Crippen LogP contribution in [0.5, 0.6) is 0 Å². The molecule has 5 rings (SSSR count). The molecule has 0 fully saturated rings. The number of nitrogens with one attached hydrogen (secondary N) is 1. The smallest absolute Gasteiger partial charge is 0.247 e. The van der Waals surface area contributed by atoms with E-state index in [-0.39, 0.29) is 5.56 Å². The summed E-state index contributed by atoms with van der Waals surface area (Å²) in [6.07, 6.45) is 4.04. The fourth-order valence-corrected chi connectivity index (χ4v) is 3.09. The number of H-pyrrole nitrogens is 1. The molecule has 0 saturated carbocycles. The van der Waals surface area contributed by atoms with Gasteiger partial charge in [-0.05, 0) is 42.0 Å². The minimum absolute atomic E-state index is 0.143. The van der Waals surface area contributed by atoms with Crippen LogP contribution in [0.4, 0.5) is 0 Å². The standard InChI is InChI=1S/C20H14N6O/c27-20-8-4-15(12-22-20)17-6-7-18-23-24-19(26(18)25-17)11-13-3-5-16-14(10-13)2-1-9-21-16/h1-10,12H,11H2,(H,22,27). The zero-order chi connectivity index (χ0) is 18.2. The van der Waals surface area contributed by atoms with Gasteiger partial charge < -0.3 is 4.98 Å². The maximum absolute atomic E-state index is 11.3. The normalized spacial score (nSPS) is 11.3. The van der Waals surface area contributed by atoms with Gasteiger partial charge in [0, 0.05) is 35.8 Å². The van der Waals surface area contributed by atoms with E-state index in [1.54, 1.807) is 23.0 Å². The largest absolute Gasteiger partial charge is 0.328 e. The van der Waals surface area contributed by atoms with Crippen LogP contribution in [0.1, 0.15) is 11.4 Å². The van der Waals surface area contributed by atoms with Gasteiger partial charge in [0.2, 0.25) is 5.56 Å². The molecule has 4 heterocycles. The van der Waals surface area contributed by atoms with Gasteiger partial charge in [-0.25, -0.2) is 0 Å². The molecule has 0 spiro atoms. The Hall–Kier alpha value is -3.87. The Morgan fingerprint density at radius 3 is 2.85 bits per heavy atom. The molecule has 7 heteroatoms. The van der Waals surface area contributed by atoms with E-state index < -0.39 is 0 Å². The first-order valence-corrected chi connectivity index (χ1v) is 8.50. The maximum atomic E-state index is 11.3. The lowest BCUT2D eigenvalue weighted by molar-refractivity contribution is 0.842. The average Bonchev–Trinajstić information content (AvgIpc) is 3.10. The van der Waals surface area contributed by atoms with Gasteiger partial charge in [-0.15, -0.1) is 10.2 Å². The highest BCUT2D eigenvalue weighted by Crippen LogP contribution is 2.18. The van der Waals surface area contributed by atoms with Gasteiger partial charge in [0.1, 0.15) is 0 Å². The minimum Gasteiger partial charge on any atom is -0.328 e. The number of nitrogens with zero attached hydrogens (tertiary/aromatic N) is 5. The van der Waals surface area contributed by atoms with Crippen LogP contribution >= 0.6 is 0 Å². The summed E-state index contributed by atoms with van der Waals surface area (Å²) in [4.78, 5) is 18.3. The molecule has 1 aromatic carbocycles. The first kappa shape index (κ1) is 15.4. The van der Waals surface area contributed by atoms with E-state index >= 15 is 0 Å². The van der Waals surface area contributed by atoms with Crippen molar-refractivity contribution in [1.29, 1.82) is 0 Å². The molecule has 0 amide bonds. The molecule has 0 aliphatic carbocycles. The zero-order valence-corrected chi connectivity index (χ0v) is 14.2. The second kappa shape index (κ2) is 6.14. The highest BCUT2D eigenvalue weighted by molar-refractivity contribution is 5.79. The Bertz CT molecular complexity index is 1320. The lowest BCUT2D eigenvalue weighted by Gasteiger charge is -2.04. The van der Waals surface area contributed by atoms with Crippen LogP contribution in [-0.2, 0) is 6.42 Å². The van der Waals surface area contributed by atoms with Crippen molar-refractivity contribution >= 4 is 16.6 Å². The van der Waals surface area contributed by atoms with Crippen LogP contribution in [-0.4, -0.2) is 29.8 Å². The van der Waals surface area contributed by atoms with E-state index in [9.17, 15) is 4.79 Å². The second-order valence-corrected chi connectivity index (χ2v) is 6.25. The number of fused-ring (bicyclic) bond motifs is 2. The van der Waals surface area contributed by atoms with Crippen molar-refractivity contribution in [3.05, 3.63) is 88.7 Å². The van der Waals surface area contributed by atoms with Gasteiger partial charge in [0.25, 0.3) is 0 Å². The van der Waals surface area contributed by atoms with Crippen LogP contribution < -0.4 is 5.56 Å². The van der Waals surface area contributed by atoms with Gasteiger partial charge in [0.05, 0.1) is 11.2 Å². The summed E-state index contributed by atoms with van der Waals surface area (Å²) in [7, 11) is 0. The van der Waals surface area contributed by atoms with Gasteiger partial charge in [-0.3, -0.25) is 9.78 Å². The number of aromatic amines is 1. The second-order valence-electron chi connectivity index (χ2n) is 6.25. The number of benzene rings is 1. The number of pyridine rings is 2. The molecule has 0 unspecified atom stereocenters. The molecule has 7 nitrogen and oxygen atoms in total. The van der Waals surface area contributed by atoms with E-state index in [1.165, 1.54) is 6.07 Å². The van der Waals surface area contributed by atoms with Gasteiger partial charge in [0.15, 0.2) is 11.5 Å². The quantitative estimate of drug-likeness (QED) is 0.538. The fourth-order valence-electron chi connectivity index (χ4n) is 3.09. The summed E-state index contributed by atoms with van der Waals surface area (Å²) in [6.45, 7) is 0. The van der Waals surface area contributed by atoms with Crippen LogP contribution in [0, 0.1) is 0 Å². The first-order valence-electron chi connectivity index (χ1n) is 8.50. The molecule has 0 aliphatic heterocycles. The van der Waals surface area contributed by atoms with Crippen molar-refractivity contribution in [2.24, 2.45) is 0 Å². The minimum atomic E-state index is -0.143. The topological polar surface area (TPSA) is 88.8 Å². The molecule has 0 saturated heterocycles. The van der Waals surface area contributed by atoms with Gasteiger partial charge in [-0.1, -0.05) is 12.1 Å². The number of aromatic nitrogens is 6. The molecule has 130 valence electrons. The summed E-state index contributed by atoms with van der Waals surface area (Å²) < 4.78 is 1.74. The summed E-state index contributed by atoms with van der Waals surface area (Å²) in [5.41, 5.74) is 4.18. The van der Waals surface area contributed by atoms with Crippen LogP contribution in [0.3, 0.4) is 0 Å². The van der Waals surface area contributed by atoms with E-state index in [4.69, 9.17) is 0 Å². The van der Waals surface area contributed by atoms with Crippen molar-refractivity contribution < 1.29 is 0 Å². The molecule has 1 N–H and O–H groups in total. The third kappa shape index (κ3) is 2.85. The van der Waals surface area contributed by atoms with E-state index in [2.05, 4.69) is 31.3 Å². The molecular weight excluding hydrogens is 340 g/mol. The fraction of sp³-hybridized carbons (Fsp3) is 0.0500. The predicted molar refractivity (Wildman–Crippen MR) is 101 cm³/mol. The number of rotatable bonds is 3. The summed E-state index contributed by atoms with van der Waals surface area (Å²) in [6, 6.07) is 17.1. The molecule has 4 aromatic heterocycles. The van der Waals surface area contributed by atoms with E-state index in [0.717, 1.165) is 33.5 Å². The highest BCUT2D eigenvalue weighted by Gasteiger charge is 2.10. The third-order valence-electron chi connectivity index (χ3n) is 4.44. The summed E-state index contributed by atoms with van der Waals surface area (Å²) >= 11 is 0. The summed E-state index contributed by atoms with van der Waals surface area (Å²) in [5, 5.41) is 14.2. The highest BCUT2D eigenvalue weighted by atomic mass is 16.1. The number of hydrogen-bond donors (Lipinski definition) is 1. The van der Waals surface area contributed by atoms with Crippen molar-refractivity contribution in [1.82, 2.24) is 29.8 Å². The van der Waals surface area contributed by atoms with Crippen LogP contribution in [0.25, 0.3) is 27.8 Å². The van der Waals surface area contributed by atoms with Crippen molar-refractivity contribution in [3.63, 3.8) is 0 Å². The van der Waals surface area contributed by atoms with E-state index in [0.29, 0.717) is 12.1 Å². The van der Waals surface area contributed by atoms with Crippen LogP contribution in [0.15, 0.2) is 71.8 Å².